The van der Waals surface area contributed by atoms with Crippen molar-refractivity contribution in [1.29, 1.82) is 0 Å². The molecule has 0 aromatic heterocycles. The molecule has 0 aliphatic rings. The molecule has 0 fully saturated rings. The average Bonchev–Trinajstić information content (AvgIpc) is 2.44. The number of hydrogen-bond acceptors (Lipinski definition) is 2. The summed E-state index contributed by atoms with van der Waals surface area (Å²) in [4.78, 5) is 0. The monoisotopic (exact) mass is 289 g/mol. The van der Waals surface area contributed by atoms with E-state index in [4.69, 9.17) is 22.1 Å². The molecule has 0 saturated carbocycles. The predicted octanol–water partition coefficient (Wildman–Crippen LogP) is 4.12. The summed E-state index contributed by atoms with van der Waals surface area (Å²) in [6.07, 6.45) is 1.82. The number of ether oxygens (including phenoxy) is 1. The van der Waals surface area contributed by atoms with E-state index < -0.39 is 0 Å². The molecule has 0 aliphatic heterocycles. The van der Waals surface area contributed by atoms with Crippen LogP contribution >= 0.6 is 11.6 Å². The lowest BCUT2D eigenvalue weighted by atomic mass is 10.1. The second-order valence-corrected chi connectivity index (χ2v) is 5.36. The molecule has 2 nitrogen and oxygen atoms in total. The first kappa shape index (κ1) is 14.9. The summed E-state index contributed by atoms with van der Waals surface area (Å²) in [5.41, 5.74) is 9.11. The summed E-state index contributed by atoms with van der Waals surface area (Å²) in [5, 5.41) is 0.736. The number of rotatable bonds is 6. The summed E-state index contributed by atoms with van der Waals surface area (Å²) < 4.78 is 5.93. The summed E-state index contributed by atoms with van der Waals surface area (Å²) in [5.74, 6) is 0.893. The standard InChI is InChI=1S/C17H20ClNO/c1-13-4-2-5-14(10-13)12-20-17-8-7-16(18)11-15(17)6-3-9-19/h2,4-5,7-8,10-11H,3,6,9,12,19H2,1H3. The molecule has 0 aliphatic carbocycles. The Labute approximate surface area is 125 Å². The van der Waals surface area contributed by atoms with Gasteiger partial charge in [-0.15, -0.1) is 0 Å². The minimum absolute atomic E-state index is 0.568. The summed E-state index contributed by atoms with van der Waals surface area (Å²) in [7, 11) is 0. The second kappa shape index (κ2) is 7.32. The first-order chi connectivity index (χ1) is 9.69. The van der Waals surface area contributed by atoms with E-state index in [1.807, 2.05) is 24.3 Å². The molecular weight excluding hydrogens is 270 g/mol. The average molecular weight is 290 g/mol. The van der Waals surface area contributed by atoms with Crippen LogP contribution in [0.1, 0.15) is 23.1 Å². The van der Waals surface area contributed by atoms with Gasteiger partial charge in [0.25, 0.3) is 0 Å². The van der Waals surface area contributed by atoms with Gasteiger partial charge in [0.1, 0.15) is 12.4 Å². The molecular formula is C17H20ClNO. The molecule has 20 heavy (non-hydrogen) atoms. The summed E-state index contributed by atoms with van der Waals surface area (Å²) in [6, 6.07) is 14.1. The normalized spacial score (nSPS) is 10.6. The van der Waals surface area contributed by atoms with E-state index in [9.17, 15) is 0 Å². The van der Waals surface area contributed by atoms with E-state index in [0.717, 1.165) is 29.2 Å². The van der Waals surface area contributed by atoms with Gasteiger partial charge in [-0.05, 0) is 55.6 Å². The Morgan fingerprint density at radius 2 is 2.00 bits per heavy atom. The van der Waals surface area contributed by atoms with Gasteiger partial charge in [0, 0.05) is 5.02 Å². The summed E-state index contributed by atoms with van der Waals surface area (Å²) in [6.45, 7) is 3.32. The SMILES string of the molecule is Cc1cccc(COc2ccc(Cl)cc2CCCN)c1. The third kappa shape index (κ3) is 4.26. The van der Waals surface area contributed by atoms with Crippen molar-refractivity contribution in [1.82, 2.24) is 0 Å². The molecule has 0 amide bonds. The molecule has 0 heterocycles. The van der Waals surface area contributed by atoms with Crippen molar-refractivity contribution >= 4 is 11.6 Å². The van der Waals surface area contributed by atoms with Gasteiger partial charge in [0.15, 0.2) is 0 Å². The Morgan fingerprint density at radius 3 is 2.75 bits per heavy atom. The fraction of sp³-hybridized carbons (Fsp3) is 0.294. The molecule has 0 saturated heterocycles. The number of benzene rings is 2. The van der Waals surface area contributed by atoms with Crippen molar-refractivity contribution in [3.05, 3.63) is 64.2 Å². The molecule has 0 unspecified atom stereocenters. The van der Waals surface area contributed by atoms with Crippen molar-refractivity contribution in [3.63, 3.8) is 0 Å². The van der Waals surface area contributed by atoms with Crippen LogP contribution in [-0.4, -0.2) is 6.54 Å². The zero-order valence-electron chi connectivity index (χ0n) is 11.7. The van der Waals surface area contributed by atoms with Gasteiger partial charge in [-0.3, -0.25) is 0 Å². The third-order valence-corrected chi connectivity index (χ3v) is 3.38. The maximum Gasteiger partial charge on any atom is 0.123 e. The Morgan fingerprint density at radius 1 is 1.15 bits per heavy atom. The maximum atomic E-state index is 6.05. The lowest BCUT2D eigenvalue weighted by molar-refractivity contribution is 0.302. The van der Waals surface area contributed by atoms with Crippen LogP contribution < -0.4 is 10.5 Å². The van der Waals surface area contributed by atoms with Crippen molar-refractivity contribution in [2.75, 3.05) is 6.54 Å². The Hall–Kier alpha value is -1.51. The maximum absolute atomic E-state index is 6.05. The van der Waals surface area contributed by atoms with Crippen LogP contribution in [0.2, 0.25) is 5.02 Å². The number of halogens is 1. The zero-order chi connectivity index (χ0) is 14.4. The van der Waals surface area contributed by atoms with Gasteiger partial charge < -0.3 is 10.5 Å². The molecule has 2 aromatic rings. The number of hydrogen-bond donors (Lipinski definition) is 1. The van der Waals surface area contributed by atoms with Crippen LogP contribution in [0, 0.1) is 6.92 Å². The minimum atomic E-state index is 0.568. The summed E-state index contributed by atoms with van der Waals surface area (Å²) >= 11 is 6.05. The molecule has 106 valence electrons. The van der Waals surface area contributed by atoms with Gasteiger partial charge in [-0.2, -0.15) is 0 Å². The van der Waals surface area contributed by atoms with Gasteiger partial charge in [-0.1, -0.05) is 41.4 Å². The minimum Gasteiger partial charge on any atom is -0.489 e. The molecule has 0 radical (unpaired) electrons. The highest BCUT2D eigenvalue weighted by atomic mass is 35.5. The lowest BCUT2D eigenvalue weighted by Crippen LogP contribution is -2.03. The Balaban J connectivity index is 2.08. The van der Waals surface area contributed by atoms with Gasteiger partial charge >= 0.3 is 0 Å². The van der Waals surface area contributed by atoms with Crippen LogP contribution in [0.15, 0.2) is 42.5 Å². The molecule has 0 spiro atoms. The highest BCUT2D eigenvalue weighted by Crippen LogP contribution is 2.25. The van der Waals surface area contributed by atoms with Crippen LogP contribution in [0.4, 0.5) is 0 Å². The van der Waals surface area contributed by atoms with Gasteiger partial charge in [-0.25, -0.2) is 0 Å². The Bertz CT molecular complexity index is 569. The smallest absolute Gasteiger partial charge is 0.123 e. The van der Waals surface area contributed by atoms with Crippen molar-refractivity contribution in [2.24, 2.45) is 5.73 Å². The molecule has 2 rings (SSSR count). The number of nitrogens with two attached hydrogens (primary N) is 1. The van der Waals surface area contributed by atoms with E-state index in [-0.39, 0.29) is 0 Å². The van der Waals surface area contributed by atoms with E-state index >= 15 is 0 Å². The Kier molecular flexibility index (Phi) is 5.45. The fourth-order valence-electron chi connectivity index (χ4n) is 2.14. The first-order valence-corrected chi connectivity index (χ1v) is 7.23. The quantitative estimate of drug-likeness (QED) is 0.868. The van der Waals surface area contributed by atoms with Gasteiger partial charge in [0.2, 0.25) is 0 Å². The molecule has 0 atom stereocenters. The molecule has 2 aromatic carbocycles. The predicted molar refractivity (Wildman–Crippen MR) is 84.3 cm³/mol. The van der Waals surface area contributed by atoms with E-state index in [2.05, 4.69) is 25.1 Å². The van der Waals surface area contributed by atoms with E-state index in [0.29, 0.717) is 13.2 Å². The lowest BCUT2D eigenvalue weighted by Gasteiger charge is -2.12. The zero-order valence-corrected chi connectivity index (χ0v) is 12.5. The highest BCUT2D eigenvalue weighted by Gasteiger charge is 2.05. The van der Waals surface area contributed by atoms with Crippen LogP contribution in [0.3, 0.4) is 0 Å². The highest BCUT2D eigenvalue weighted by molar-refractivity contribution is 6.30. The van der Waals surface area contributed by atoms with Crippen molar-refractivity contribution in [3.8, 4) is 5.75 Å². The van der Waals surface area contributed by atoms with Crippen molar-refractivity contribution < 1.29 is 4.74 Å². The van der Waals surface area contributed by atoms with Crippen molar-refractivity contribution in [2.45, 2.75) is 26.4 Å². The van der Waals surface area contributed by atoms with Crippen LogP contribution in [-0.2, 0) is 13.0 Å². The van der Waals surface area contributed by atoms with E-state index in [1.165, 1.54) is 11.1 Å². The largest absolute Gasteiger partial charge is 0.489 e. The fourth-order valence-corrected chi connectivity index (χ4v) is 2.33. The van der Waals surface area contributed by atoms with Crippen LogP contribution in [0.5, 0.6) is 5.75 Å². The number of aryl methyl sites for hydroxylation is 2. The third-order valence-electron chi connectivity index (χ3n) is 3.15. The van der Waals surface area contributed by atoms with Gasteiger partial charge in [0.05, 0.1) is 0 Å². The second-order valence-electron chi connectivity index (χ2n) is 4.92. The first-order valence-electron chi connectivity index (χ1n) is 6.86. The molecule has 0 bridgehead atoms. The molecule has 3 heteroatoms. The van der Waals surface area contributed by atoms with Crippen LogP contribution in [0.25, 0.3) is 0 Å². The molecule has 2 N–H and O–H groups in total. The topological polar surface area (TPSA) is 35.2 Å². The van der Waals surface area contributed by atoms with E-state index in [1.54, 1.807) is 0 Å².